The standard InChI is InChI=1S/C25H23ClN8O3S.2C2H6/c1-30-14-27-10-20(30)22-21-23-28-7-8-31(23)25(35)32(11-15-3-4-15)24(21)29-33(22)12-16-13-34(38(2,36)37)19-6-5-17(26)9-18(16)19;2*1-2/h5-10,13-15H,3-4,11-12H2,1-2H3;2*1-2H3. The largest absolute Gasteiger partial charge is 0.335 e. The van der Waals surface area contributed by atoms with Crippen LogP contribution in [0.2, 0.25) is 5.02 Å². The fourth-order valence-electron chi connectivity index (χ4n) is 5.19. The smallest absolute Gasteiger partial charge is 0.332 e. The molecule has 0 saturated heterocycles. The van der Waals surface area contributed by atoms with E-state index in [-0.39, 0.29) is 12.2 Å². The van der Waals surface area contributed by atoms with Crippen LogP contribution in [0.4, 0.5) is 0 Å². The van der Waals surface area contributed by atoms with Gasteiger partial charge in [-0.1, -0.05) is 39.3 Å². The fraction of sp³-hybridized carbons (Fsp3) is 0.379. The highest BCUT2D eigenvalue weighted by Crippen LogP contribution is 2.35. The maximum Gasteiger partial charge on any atom is 0.335 e. The van der Waals surface area contributed by atoms with Gasteiger partial charge >= 0.3 is 5.69 Å². The predicted octanol–water partition coefficient (Wildman–Crippen LogP) is 5.17. The van der Waals surface area contributed by atoms with E-state index in [4.69, 9.17) is 16.7 Å². The van der Waals surface area contributed by atoms with E-state index in [0.29, 0.717) is 39.7 Å². The van der Waals surface area contributed by atoms with Gasteiger partial charge in [-0.05, 0) is 37.0 Å². The molecule has 0 atom stereocenters. The summed E-state index contributed by atoms with van der Waals surface area (Å²) in [5, 5.41) is 6.92. The highest BCUT2D eigenvalue weighted by Gasteiger charge is 2.28. The molecule has 1 aromatic carbocycles. The van der Waals surface area contributed by atoms with Gasteiger partial charge in [0.05, 0.1) is 47.6 Å². The third-order valence-electron chi connectivity index (χ3n) is 7.18. The Bertz CT molecular complexity index is 2080. The van der Waals surface area contributed by atoms with E-state index in [1.165, 1.54) is 10.2 Å². The van der Waals surface area contributed by atoms with Crippen molar-refractivity contribution < 1.29 is 8.42 Å². The number of halogens is 1. The normalized spacial score (nSPS) is 13.3. The molecule has 0 N–H and O–H groups in total. The number of imidazole rings is 2. The van der Waals surface area contributed by atoms with Crippen LogP contribution in [0.1, 0.15) is 46.1 Å². The Morgan fingerprint density at radius 3 is 2.48 bits per heavy atom. The van der Waals surface area contributed by atoms with Gasteiger partial charge < -0.3 is 4.57 Å². The van der Waals surface area contributed by atoms with Crippen molar-refractivity contribution in [3.8, 4) is 11.4 Å². The Balaban J connectivity index is 0.000000847. The van der Waals surface area contributed by atoms with Gasteiger partial charge in [0.15, 0.2) is 11.3 Å². The van der Waals surface area contributed by atoms with Crippen LogP contribution >= 0.6 is 11.6 Å². The van der Waals surface area contributed by atoms with E-state index in [9.17, 15) is 13.2 Å². The molecule has 1 saturated carbocycles. The van der Waals surface area contributed by atoms with Gasteiger partial charge in [-0.2, -0.15) is 5.10 Å². The highest BCUT2D eigenvalue weighted by atomic mass is 35.5. The molecule has 1 aliphatic rings. The third kappa shape index (κ3) is 5.02. The average Bonchev–Trinajstić information content (AvgIpc) is 3.29. The van der Waals surface area contributed by atoms with Crippen LogP contribution < -0.4 is 5.69 Å². The van der Waals surface area contributed by atoms with Crippen molar-refractivity contribution >= 4 is 49.2 Å². The van der Waals surface area contributed by atoms with E-state index in [2.05, 4.69) is 9.97 Å². The summed E-state index contributed by atoms with van der Waals surface area (Å²) in [6, 6.07) is 5.13. The van der Waals surface area contributed by atoms with Crippen LogP contribution in [-0.4, -0.2) is 51.9 Å². The van der Waals surface area contributed by atoms with Crippen LogP contribution in [-0.2, 0) is 30.2 Å². The number of aromatic nitrogens is 8. The van der Waals surface area contributed by atoms with Gasteiger partial charge in [0.1, 0.15) is 0 Å². The molecule has 222 valence electrons. The van der Waals surface area contributed by atoms with E-state index >= 15 is 0 Å². The lowest BCUT2D eigenvalue weighted by Gasteiger charge is -2.09. The zero-order valence-electron chi connectivity index (χ0n) is 24.6. The van der Waals surface area contributed by atoms with E-state index in [1.54, 1.807) is 58.3 Å². The molecule has 1 aliphatic carbocycles. The number of aryl methyl sites for hydroxylation is 1. The summed E-state index contributed by atoms with van der Waals surface area (Å²) in [6.07, 6.45) is 11.7. The molecule has 0 amide bonds. The van der Waals surface area contributed by atoms with Gasteiger partial charge in [0.25, 0.3) is 0 Å². The first-order chi connectivity index (χ1) is 20.2. The predicted molar refractivity (Wildman–Crippen MR) is 167 cm³/mol. The summed E-state index contributed by atoms with van der Waals surface area (Å²) in [4.78, 5) is 22.3. The molecule has 42 heavy (non-hydrogen) atoms. The van der Waals surface area contributed by atoms with Gasteiger partial charge in [0.2, 0.25) is 10.0 Å². The summed E-state index contributed by atoms with van der Waals surface area (Å²) < 4.78 is 33.4. The lowest BCUT2D eigenvalue weighted by atomic mass is 10.1. The second-order valence-electron chi connectivity index (χ2n) is 9.93. The third-order valence-corrected chi connectivity index (χ3v) is 8.43. The van der Waals surface area contributed by atoms with Gasteiger partial charge in [-0.3, -0.25) is 13.6 Å². The van der Waals surface area contributed by atoms with Crippen molar-refractivity contribution in [3.05, 3.63) is 70.4 Å². The number of benzene rings is 1. The molecule has 11 nitrogen and oxygen atoms in total. The number of rotatable bonds is 6. The number of hydrogen-bond acceptors (Lipinski definition) is 6. The maximum atomic E-state index is 13.5. The molecule has 0 bridgehead atoms. The zero-order chi connectivity index (χ0) is 30.3. The van der Waals surface area contributed by atoms with Gasteiger partial charge in [0, 0.05) is 48.2 Å². The molecule has 0 aliphatic heterocycles. The van der Waals surface area contributed by atoms with Gasteiger partial charge in [-0.15, -0.1) is 0 Å². The van der Waals surface area contributed by atoms with E-state index < -0.39 is 10.0 Å². The molecule has 5 heterocycles. The minimum atomic E-state index is -3.57. The topological polar surface area (TPSA) is 114 Å². The lowest BCUT2D eigenvalue weighted by Crippen LogP contribution is -2.27. The molecule has 5 aromatic heterocycles. The summed E-state index contributed by atoms with van der Waals surface area (Å²) in [6.45, 7) is 8.81. The second-order valence-corrected chi connectivity index (χ2v) is 12.2. The Kier molecular flexibility index (Phi) is 8.04. The molecule has 6 aromatic rings. The Labute approximate surface area is 249 Å². The van der Waals surface area contributed by atoms with E-state index in [1.807, 2.05) is 44.0 Å². The van der Waals surface area contributed by atoms with Crippen molar-refractivity contribution in [2.24, 2.45) is 13.0 Å². The summed E-state index contributed by atoms with van der Waals surface area (Å²) in [5.74, 6) is 0.442. The summed E-state index contributed by atoms with van der Waals surface area (Å²) >= 11 is 6.32. The van der Waals surface area contributed by atoms with Crippen molar-refractivity contribution in [1.82, 2.24) is 37.3 Å². The maximum absolute atomic E-state index is 13.5. The molecule has 0 unspecified atom stereocenters. The minimum absolute atomic E-state index is 0.182. The minimum Gasteiger partial charge on any atom is -0.332 e. The number of nitrogens with zero attached hydrogens (tertiary/aromatic N) is 8. The van der Waals surface area contributed by atoms with Crippen molar-refractivity contribution in [3.63, 3.8) is 0 Å². The van der Waals surface area contributed by atoms with Crippen LogP contribution in [0.15, 0.2) is 54.1 Å². The summed E-state index contributed by atoms with van der Waals surface area (Å²) in [7, 11) is -1.67. The van der Waals surface area contributed by atoms with Crippen molar-refractivity contribution in [2.45, 2.75) is 53.6 Å². The molecule has 0 spiro atoms. The molecule has 0 radical (unpaired) electrons. The van der Waals surface area contributed by atoms with Crippen LogP contribution in [0.3, 0.4) is 0 Å². The Hall–Kier alpha value is -3.90. The molecular weight excluding hydrogens is 576 g/mol. The van der Waals surface area contributed by atoms with Gasteiger partial charge in [-0.25, -0.2) is 27.2 Å². The molecular formula is C29H35ClN8O3S. The first-order valence-corrected chi connectivity index (χ1v) is 16.4. The van der Waals surface area contributed by atoms with E-state index in [0.717, 1.165) is 35.2 Å². The highest BCUT2D eigenvalue weighted by molar-refractivity contribution is 7.89. The van der Waals surface area contributed by atoms with Crippen LogP contribution in [0.25, 0.3) is 39.0 Å². The number of hydrogen-bond donors (Lipinski definition) is 0. The number of fused-ring (bicyclic) bond motifs is 4. The fourth-order valence-corrected chi connectivity index (χ4v) is 6.20. The van der Waals surface area contributed by atoms with Crippen molar-refractivity contribution in [2.75, 3.05) is 6.26 Å². The monoisotopic (exact) mass is 610 g/mol. The molecule has 13 heteroatoms. The first kappa shape index (κ1) is 29.6. The molecule has 1 fully saturated rings. The summed E-state index contributed by atoms with van der Waals surface area (Å²) in [5.41, 5.74) is 3.66. The van der Waals surface area contributed by atoms with Crippen LogP contribution in [0, 0.1) is 5.92 Å². The molecule has 7 rings (SSSR count). The SMILES string of the molecule is CC.CC.Cn1cncc1-c1c2c(nn1Cc1cn(S(C)(=O)=O)c3ccc(Cl)cc13)n(CC1CC1)c(=O)n1ccnc21. The second kappa shape index (κ2) is 11.4. The van der Waals surface area contributed by atoms with Crippen LogP contribution in [0.5, 0.6) is 0 Å². The quantitative estimate of drug-likeness (QED) is 0.257. The van der Waals surface area contributed by atoms with Crippen molar-refractivity contribution in [1.29, 1.82) is 0 Å². The zero-order valence-corrected chi connectivity index (χ0v) is 26.2. The first-order valence-electron chi connectivity index (χ1n) is 14.1. The Morgan fingerprint density at radius 1 is 1.10 bits per heavy atom. The Morgan fingerprint density at radius 2 is 1.83 bits per heavy atom. The lowest BCUT2D eigenvalue weighted by molar-refractivity contribution is 0.593. The average molecular weight is 611 g/mol.